The standard InChI is InChI=1S/C22H18F3N5O3.C2HF3O2/c1-2-13-7-15(3-4-18(13)33-17-5-6-28-19(26)9-17)30-20(31)12-29(21(30)32)16-8-14(10-27-11-16)22(23,24)25;3-2(4,5)1(6)7/h3-11H,2,12H2,1H3,(H2,26,28);(H,6,7). The highest BCUT2D eigenvalue weighted by Crippen LogP contribution is 2.34. The molecular formula is C24H19F6N5O5. The van der Waals surface area contributed by atoms with E-state index < -0.39 is 42.4 Å². The highest BCUT2D eigenvalue weighted by atomic mass is 19.4. The molecule has 1 fully saturated rings. The fraction of sp³-hybridized carbons (Fsp3) is 0.208. The Labute approximate surface area is 221 Å². The molecule has 0 bridgehead atoms. The van der Waals surface area contributed by atoms with Crippen molar-refractivity contribution in [2.45, 2.75) is 25.7 Å². The Bertz CT molecular complexity index is 1430. The van der Waals surface area contributed by atoms with Crippen molar-refractivity contribution >= 4 is 35.1 Å². The quantitative estimate of drug-likeness (QED) is 0.321. The summed E-state index contributed by atoms with van der Waals surface area (Å²) in [6.45, 7) is 1.47. The Balaban J connectivity index is 0.000000559. The number of aliphatic carboxylic acids is 1. The highest BCUT2D eigenvalue weighted by molar-refractivity contribution is 6.27. The summed E-state index contributed by atoms with van der Waals surface area (Å²) in [7, 11) is 0. The van der Waals surface area contributed by atoms with E-state index >= 15 is 0 Å². The minimum atomic E-state index is -5.08. The van der Waals surface area contributed by atoms with Gasteiger partial charge in [0.15, 0.2) is 0 Å². The lowest BCUT2D eigenvalue weighted by atomic mass is 10.1. The number of imide groups is 1. The van der Waals surface area contributed by atoms with Crippen LogP contribution < -0.4 is 20.3 Å². The summed E-state index contributed by atoms with van der Waals surface area (Å²) in [6.07, 6.45) is -5.91. The number of hydrogen-bond donors (Lipinski definition) is 2. The van der Waals surface area contributed by atoms with Crippen molar-refractivity contribution < 1.29 is 50.6 Å². The van der Waals surface area contributed by atoms with Gasteiger partial charge < -0.3 is 15.6 Å². The molecule has 0 aliphatic carbocycles. The number of pyridine rings is 2. The molecule has 0 atom stereocenters. The second-order valence-electron chi connectivity index (χ2n) is 7.99. The number of nitrogens with two attached hydrogens (primary N) is 1. The van der Waals surface area contributed by atoms with Crippen molar-refractivity contribution in [2.75, 3.05) is 22.1 Å². The first kappa shape index (κ1) is 29.7. The van der Waals surface area contributed by atoms with Gasteiger partial charge in [0.25, 0.3) is 5.91 Å². The summed E-state index contributed by atoms with van der Waals surface area (Å²) >= 11 is 0. The molecule has 212 valence electrons. The number of anilines is 3. The number of carboxylic acid groups (broad SMARTS) is 1. The Morgan fingerprint density at radius 3 is 2.30 bits per heavy atom. The molecule has 1 aliphatic rings. The van der Waals surface area contributed by atoms with Gasteiger partial charge in [-0.05, 0) is 42.3 Å². The van der Waals surface area contributed by atoms with Gasteiger partial charge in [0.1, 0.15) is 23.9 Å². The molecule has 1 aromatic carbocycles. The minimum Gasteiger partial charge on any atom is -0.475 e. The number of hydrogen-bond acceptors (Lipinski definition) is 7. The van der Waals surface area contributed by atoms with E-state index in [1.165, 1.54) is 12.3 Å². The van der Waals surface area contributed by atoms with Crippen LogP contribution in [0.15, 0.2) is 55.0 Å². The van der Waals surface area contributed by atoms with E-state index in [-0.39, 0.29) is 11.4 Å². The number of amides is 3. The highest BCUT2D eigenvalue weighted by Gasteiger charge is 2.40. The summed E-state index contributed by atoms with van der Waals surface area (Å²) in [6, 6.07) is 7.99. The number of carboxylic acids is 1. The van der Waals surface area contributed by atoms with Crippen LogP contribution >= 0.6 is 0 Å². The largest absolute Gasteiger partial charge is 0.490 e. The van der Waals surface area contributed by atoms with Gasteiger partial charge in [-0.2, -0.15) is 26.3 Å². The third kappa shape index (κ3) is 6.95. The number of carbonyl (C=O) groups excluding carboxylic acids is 2. The molecule has 3 N–H and O–H groups in total. The Morgan fingerprint density at radius 2 is 1.73 bits per heavy atom. The number of nitrogens with zero attached hydrogens (tertiary/aromatic N) is 4. The number of aromatic nitrogens is 2. The number of rotatable bonds is 5. The summed E-state index contributed by atoms with van der Waals surface area (Å²) in [4.78, 5) is 43.8. The van der Waals surface area contributed by atoms with Gasteiger partial charge in [-0.3, -0.25) is 14.7 Å². The average Bonchev–Trinajstić information content (AvgIpc) is 3.17. The predicted octanol–water partition coefficient (Wildman–Crippen LogP) is 5.04. The van der Waals surface area contributed by atoms with Crippen LogP contribution in [0.25, 0.3) is 0 Å². The fourth-order valence-electron chi connectivity index (χ4n) is 3.39. The molecule has 0 spiro atoms. The van der Waals surface area contributed by atoms with E-state index in [1.54, 1.807) is 24.3 Å². The first-order valence-electron chi connectivity index (χ1n) is 11.1. The Morgan fingerprint density at radius 1 is 1.05 bits per heavy atom. The van der Waals surface area contributed by atoms with Crippen molar-refractivity contribution in [3.8, 4) is 11.5 Å². The topological polar surface area (TPSA) is 139 Å². The van der Waals surface area contributed by atoms with Gasteiger partial charge in [-0.25, -0.2) is 19.5 Å². The van der Waals surface area contributed by atoms with Gasteiger partial charge in [0, 0.05) is 18.5 Å². The molecule has 0 unspecified atom stereocenters. The van der Waals surface area contributed by atoms with Gasteiger partial charge in [0.2, 0.25) is 0 Å². The Hall–Kier alpha value is -4.89. The first-order valence-corrected chi connectivity index (χ1v) is 11.1. The van der Waals surface area contributed by atoms with E-state index in [2.05, 4.69) is 9.97 Å². The van der Waals surface area contributed by atoms with Crippen molar-refractivity contribution in [1.29, 1.82) is 0 Å². The molecule has 0 radical (unpaired) electrons. The van der Waals surface area contributed by atoms with E-state index in [9.17, 15) is 35.9 Å². The maximum atomic E-state index is 13.0. The average molecular weight is 571 g/mol. The number of aryl methyl sites for hydroxylation is 1. The number of urea groups is 1. The third-order valence-corrected chi connectivity index (χ3v) is 5.23. The summed E-state index contributed by atoms with van der Waals surface area (Å²) in [5.41, 5.74) is 5.54. The number of halogens is 6. The SMILES string of the molecule is CCc1cc(N2C(=O)CN(c3cncc(C(F)(F)F)c3)C2=O)ccc1Oc1ccnc(N)c1.O=C(O)C(F)(F)F. The van der Waals surface area contributed by atoms with Crippen LogP contribution in [-0.4, -0.2) is 45.7 Å². The molecule has 3 amide bonds. The first-order chi connectivity index (χ1) is 18.6. The van der Waals surface area contributed by atoms with Crippen LogP contribution in [0.5, 0.6) is 11.5 Å². The second-order valence-corrected chi connectivity index (χ2v) is 7.99. The molecule has 0 saturated carbocycles. The molecule has 2 aromatic heterocycles. The van der Waals surface area contributed by atoms with E-state index in [0.717, 1.165) is 22.1 Å². The van der Waals surface area contributed by atoms with Crippen molar-refractivity contribution in [3.63, 3.8) is 0 Å². The smallest absolute Gasteiger partial charge is 0.475 e. The zero-order valence-corrected chi connectivity index (χ0v) is 20.3. The molecule has 4 rings (SSSR count). The summed E-state index contributed by atoms with van der Waals surface area (Å²) in [5, 5.41) is 7.12. The molecule has 1 saturated heterocycles. The number of carbonyl (C=O) groups is 3. The molecule has 1 aliphatic heterocycles. The lowest BCUT2D eigenvalue weighted by Crippen LogP contribution is -2.33. The minimum absolute atomic E-state index is 0.114. The monoisotopic (exact) mass is 571 g/mol. The molecule has 40 heavy (non-hydrogen) atoms. The second kappa shape index (κ2) is 11.5. The maximum absolute atomic E-state index is 13.0. The fourth-order valence-corrected chi connectivity index (χ4v) is 3.39. The molecule has 16 heteroatoms. The van der Waals surface area contributed by atoms with Crippen LogP contribution in [0.4, 0.5) is 48.3 Å². The van der Waals surface area contributed by atoms with Crippen LogP contribution in [0.1, 0.15) is 18.1 Å². The number of benzene rings is 1. The van der Waals surface area contributed by atoms with Crippen LogP contribution in [0.3, 0.4) is 0 Å². The number of ether oxygens (including phenoxy) is 1. The van der Waals surface area contributed by atoms with E-state index in [0.29, 0.717) is 35.5 Å². The van der Waals surface area contributed by atoms with Gasteiger partial charge >= 0.3 is 24.4 Å². The van der Waals surface area contributed by atoms with Gasteiger partial charge in [0.05, 0.1) is 23.1 Å². The van der Waals surface area contributed by atoms with Crippen LogP contribution in [0.2, 0.25) is 0 Å². The lowest BCUT2D eigenvalue weighted by molar-refractivity contribution is -0.192. The third-order valence-electron chi connectivity index (χ3n) is 5.23. The van der Waals surface area contributed by atoms with Crippen LogP contribution in [-0.2, 0) is 22.2 Å². The maximum Gasteiger partial charge on any atom is 0.490 e. The van der Waals surface area contributed by atoms with Gasteiger partial charge in [-0.15, -0.1) is 0 Å². The van der Waals surface area contributed by atoms with Crippen LogP contribution in [0, 0.1) is 0 Å². The number of nitrogen functional groups attached to an aromatic ring is 1. The zero-order valence-electron chi connectivity index (χ0n) is 20.3. The predicted molar refractivity (Wildman–Crippen MR) is 128 cm³/mol. The van der Waals surface area contributed by atoms with Crippen molar-refractivity contribution in [1.82, 2.24) is 9.97 Å². The van der Waals surface area contributed by atoms with E-state index in [1.807, 2.05) is 6.92 Å². The summed E-state index contributed by atoms with van der Waals surface area (Å²) < 4.78 is 76.7. The summed E-state index contributed by atoms with van der Waals surface area (Å²) in [5.74, 6) is -2.06. The van der Waals surface area contributed by atoms with E-state index in [4.69, 9.17) is 20.4 Å². The normalized spacial score (nSPS) is 13.7. The zero-order chi connectivity index (χ0) is 29.8. The molecule has 3 aromatic rings. The van der Waals surface area contributed by atoms with Gasteiger partial charge in [-0.1, -0.05) is 6.92 Å². The Kier molecular flexibility index (Phi) is 8.50. The van der Waals surface area contributed by atoms with Crippen molar-refractivity contribution in [3.05, 3.63) is 66.1 Å². The van der Waals surface area contributed by atoms with Crippen molar-refractivity contribution in [2.24, 2.45) is 0 Å². The lowest BCUT2D eigenvalue weighted by Gasteiger charge is -2.19. The number of alkyl halides is 6. The molecular weight excluding hydrogens is 552 g/mol. The molecule has 3 heterocycles. The molecule has 10 nitrogen and oxygen atoms in total.